The Morgan fingerprint density at radius 2 is 1.49 bits per heavy atom. The van der Waals surface area contributed by atoms with E-state index in [1.165, 1.54) is 0 Å². The smallest absolute Gasteiger partial charge is 0.352 e. The van der Waals surface area contributed by atoms with Crippen molar-refractivity contribution in [3.05, 3.63) is 112 Å². The van der Waals surface area contributed by atoms with Gasteiger partial charge in [-0.2, -0.15) is 0 Å². The first-order chi connectivity index (χ1) is 16.7. The minimum Gasteiger partial charge on any atom is -0.477 e. The highest BCUT2D eigenvalue weighted by atomic mass is 35.5. The lowest BCUT2D eigenvalue weighted by molar-refractivity contribution is 0.0688. The third-order valence-corrected chi connectivity index (χ3v) is 8.64. The maximum absolute atomic E-state index is 11.8. The van der Waals surface area contributed by atoms with E-state index in [1.807, 2.05) is 63.2 Å². The van der Waals surface area contributed by atoms with Gasteiger partial charge in [-0.1, -0.05) is 105 Å². The number of hydrogen-bond donors (Lipinski definition) is 1. The van der Waals surface area contributed by atoms with Gasteiger partial charge in [0.25, 0.3) is 9.04 Å². The summed E-state index contributed by atoms with van der Waals surface area (Å²) in [5.41, 5.74) is 1.84. The summed E-state index contributed by atoms with van der Waals surface area (Å²) in [5, 5.41) is 12.9. The van der Waals surface area contributed by atoms with Gasteiger partial charge in [0, 0.05) is 6.20 Å². The van der Waals surface area contributed by atoms with E-state index >= 15 is 0 Å². The first kappa shape index (κ1) is 25.3. The van der Waals surface area contributed by atoms with Crippen molar-refractivity contribution in [3.8, 4) is 5.69 Å². The topological polar surface area (TPSA) is 51.5 Å². The van der Waals surface area contributed by atoms with E-state index in [0.717, 1.165) is 21.5 Å². The molecule has 1 aromatic heterocycles. The number of carboxylic acids is 1. The van der Waals surface area contributed by atoms with Gasteiger partial charge in [0.1, 0.15) is 5.69 Å². The van der Waals surface area contributed by atoms with Crippen LogP contribution in [0.3, 0.4) is 0 Å². The zero-order chi connectivity index (χ0) is 25.2. The largest absolute Gasteiger partial charge is 0.477 e. The molecule has 4 nitrogen and oxygen atoms in total. The minimum atomic E-state index is -1.55. The number of halogens is 2. The van der Waals surface area contributed by atoms with Gasteiger partial charge in [-0.15, -0.1) is 0 Å². The third-order valence-electron chi connectivity index (χ3n) is 5.68. The molecule has 35 heavy (non-hydrogen) atoms. The molecule has 0 saturated heterocycles. The van der Waals surface area contributed by atoms with Crippen molar-refractivity contribution in [1.82, 2.24) is 4.57 Å². The quantitative estimate of drug-likeness (QED) is 0.298. The Kier molecular flexibility index (Phi) is 7.52. The molecule has 0 spiro atoms. The second-order valence-corrected chi connectivity index (χ2v) is 12.1. The van der Waals surface area contributed by atoms with Crippen molar-refractivity contribution in [2.45, 2.75) is 32.8 Å². The summed E-state index contributed by atoms with van der Waals surface area (Å²) in [6, 6.07) is 25.4. The van der Waals surface area contributed by atoms with Gasteiger partial charge < -0.3 is 14.1 Å². The summed E-state index contributed by atoms with van der Waals surface area (Å²) in [6.07, 6.45) is 1.69. The molecule has 179 valence electrons. The van der Waals surface area contributed by atoms with Crippen molar-refractivity contribution >= 4 is 48.6 Å². The summed E-state index contributed by atoms with van der Waals surface area (Å²) < 4.78 is 8.17. The number of aromatic carboxylic acids is 1. The number of hydrogen-bond acceptors (Lipinski definition) is 2. The molecule has 4 rings (SSSR count). The Hall–Kier alpha value is -2.83. The monoisotopic (exact) mass is 522 g/mol. The molecule has 0 aliphatic carbocycles. The zero-order valence-corrected chi connectivity index (χ0v) is 22.3. The Balaban J connectivity index is 1.80. The molecular weight excluding hydrogens is 497 g/mol. The Morgan fingerprint density at radius 3 is 2.00 bits per heavy atom. The highest BCUT2D eigenvalue weighted by molar-refractivity contribution is 6.80. The molecule has 4 aromatic rings. The van der Waals surface area contributed by atoms with Crippen LogP contribution in [-0.2, 0) is 16.4 Å². The Morgan fingerprint density at radius 1 is 0.914 bits per heavy atom. The minimum absolute atomic E-state index is 0.124. The number of rotatable bonds is 7. The summed E-state index contributed by atoms with van der Waals surface area (Å²) in [5.74, 6) is -1.03. The molecule has 7 heteroatoms. The van der Waals surface area contributed by atoms with Gasteiger partial charge in [0.2, 0.25) is 0 Å². The van der Waals surface area contributed by atoms with E-state index < -0.39 is 15.0 Å². The molecular formula is C28H26Cl2NO3Si. The third kappa shape index (κ3) is 5.39. The molecule has 1 radical (unpaired) electrons. The predicted octanol–water partition coefficient (Wildman–Crippen LogP) is 6.10. The lowest BCUT2D eigenvalue weighted by atomic mass is 9.85. The fourth-order valence-electron chi connectivity index (χ4n) is 4.04. The Bertz CT molecular complexity index is 1290. The maximum atomic E-state index is 11.8. The van der Waals surface area contributed by atoms with Gasteiger partial charge in [-0.25, -0.2) is 4.79 Å². The van der Waals surface area contributed by atoms with Crippen LogP contribution in [0, 0.1) is 0 Å². The fourth-order valence-corrected chi connectivity index (χ4v) is 7.06. The number of carboxylic acid groups (broad SMARTS) is 1. The van der Waals surface area contributed by atoms with E-state index in [2.05, 4.69) is 24.3 Å². The van der Waals surface area contributed by atoms with Crippen LogP contribution in [0.5, 0.6) is 0 Å². The predicted molar refractivity (Wildman–Crippen MR) is 144 cm³/mol. The van der Waals surface area contributed by atoms with E-state index in [1.54, 1.807) is 22.9 Å². The average Bonchev–Trinajstić information content (AvgIpc) is 3.31. The maximum Gasteiger partial charge on any atom is 0.352 e. The van der Waals surface area contributed by atoms with Crippen LogP contribution in [0.25, 0.3) is 5.69 Å². The van der Waals surface area contributed by atoms with E-state index in [4.69, 9.17) is 27.6 Å². The lowest BCUT2D eigenvalue weighted by Crippen LogP contribution is -2.44. The number of aromatic nitrogens is 1. The molecule has 0 unspecified atom stereocenters. The average molecular weight is 524 g/mol. The van der Waals surface area contributed by atoms with Crippen LogP contribution in [0.4, 0.5) is 0 Å². The summed E-state index contributed by atoms with van der Waals surface area (Å²) in [7, 11) is -1.55. The van der Waals surface area contributed by atoms with Gasteiger partial charge in [0.15, 0.2) is 0 Å². The molecule has 0 atom stereocenters. The van der Waals surface area contributed by atoms with Gasteiger partial charge in [-0.05, 0) is 45.1 Å². The molecule has 3 aromatic carbocycles. The van der Waals surface area contributed by atoms with Crippen LogP contribution in [0.1, 0.15) is 42.4 Å². The van der Waals surface area contributed by atoms with Gasteiger partial charge in [-0.3, -0.25) is 0 Å². The molecule has 1 heterocycles. The van der Waals surface area contributed by atoms with Gasteiger partial charge >= 0.3 is 5.97 Å². The van der Waals surface area contributed by atoms with Crippen LogP contribution in [-0.4, -0.2) is 24.7 Å². The molecule has 0 amide bonds. The summed E-state index contributed by atoms with van der Waals surface area (Å²) >= 11 is 13.8. The number of benzene rings is 3. The zero-order valence-electron chi connectivity index (χ0n) is 19.8. The van der Waals surface area contributed by atoms with E-state index in [-0.39, 0.29) is 17.7 Å². The van der Waals surface area contributed by atoms with Crippen molar-refractivity contribution in [2.24, 2.45) is 0 Å². The molecule has 0 aliphatic heterocycles. The van der Waals surface area contributed by atoms with Crippen LogP contribution < -0.4 is 10.4 Å². The SMILES string of the molecule is CC(C)(C)c1c(Cl)c(CO[Si](c2ccccc2)c2ccccc2)cc(-n2cccc2C(=O)O)c1Cl. The van der Waals surface area contributed by atoms with Crippen molar-refractivity contribution in [1.29, 1.82) is 0 Å². The molecule has 1 N–H and O–H groups in total. The first-order valence-corrected chi connectivity index (χ1v) is 13.4. The molecule has 0 aliphatic rings. The number of nitrogens with zero attached hydrogens (tertiary/aromatic N) is 1. The highest BCUT2D eigenvalue weighted by Gasteiger charge is 2.28. The normalized spacial score (nSPS) is 11.7. The van der Waals surface area contributed by atoms with Crippen LogP contribution in [0.2, 0.25) is 10.0 Å². The number of carbonyl (C=O) groups is 1. The Labute approximate surface area is 217 Å². The lowest BCUT2D eigenvalue weighted by Gasteiger charge is -2.27. The fraction of sp³-hybridized carbons (Fsp3) is 0.179. The van der Waals surface area contributed by atoms with Gasteiger partial charge in [0.05, 0.1) is 22.3 Å². The second kappa shape index (κ2) is 10.4. The standard InChI is InChI=1S/C28H26Cl2NO3Si/c1-28(2,3)24-25(29)19(17-23(26(24)30)31-16-10-15-22(31)27(32)33)18-34-35(20-11-6-4-7-12-20)21-13-8-5-9-14-21/h4-17H,18H2,1-3H3,(H,32,33). The van der Waals surface area contributed by atoms with Crippen LogP contribution >= 0.6 is 23.2 Å². The van der Waals surface area contributed by atoms with Crippen molar-refractivity contribution < 1.29 is 14.3 Å². The van der Waals surface area contributed by atoms with Crippen molar-refractivity contribution in [2.75, 3.05) is 0 Å². The molecule has 0 saturated carbocycles. The van der Waals surface area contributed by atoms with E-state index in [9.17, 15) is 9.90 Å². The van der Waals surface area contributed by atoms with Crippen molar-refractivity contribution in [3.63, 3.8) is 0 Å². The summed E-state index contributed by atoms with van der Waals surface area (Å²) in [6.45, 7) is 6.36. The highest BCUT2D eigenvalue weighted by Crippen LogP contribution is 2.41. The van der Waals surface area contributed by atoms with E-state index in [0.29, 0.717) is 15.7 Å². The molecule has 0 fully saturated rings. The second-order valence-electron chi connectivity index (χ2n) is 9.23. The molecule has 0 bridgehead atoms. The summed E-state index contributed by atoms with van der Waals surface area (Å²) in [4.78, 5) is 11.8. The van der Waals surface area contributed by atoms with Crippen LogP contribution in [0.15, 0.2) is 85.1 Å². The first-order valence-electron chi connectivity index (χ1n) is 11.2.